The Kier molecular flexibility index (Phi) is 5.46. The fourth-order valence-corrected chi connectivity index (χ4v) is 3.13. The van der Waals surface area contributed by atoms with E-state index in [2.05, 4.69) is 47.0 Å². The molecule has 1 aromatic rings. The minimum atomic E-state index is 0.139. The lowest BCUT2D eigenvalue weighted by Crippen LogP contribution is -2.43. The van der Waals surface area contributed by atoms with Gasteiger partial charge in [0.15, 0.2) is 5.96 Å². The van der Waals surface area contributed by atoms with Crippen LogP contribution in [-0.4, -0.2) is 26.1 Å². The summed E-state index contributed by atoms with van der Waals surface area (Å²) in [6.45, 7) is 6.46. The number of thiophene rings is 1. The number of nitrogens with zero attached hydrogens (tertiary/aromatic N) is 1. The number of aliphatic imine (C=N–C) groups is 1. The Balaban J connectivity index is 1.69. The largest absolute Gasteiger partial charge is 0.356 e. The summed E-state index contributed by atoms with van der Waals surface area (Å²) in [5.74, 6) is 1.94. The molecule has 1 heterocycles. The van der Waals surface area contributed by atoms with Crippen LogP contribution in [-0.2, 0) is 5.41 Å². The van der Waals surface area contributed by atoms with Gasteiger partial charge in [-0.25, -0.2) is 0 Å². The SMILES string of the molecule is CN=C(NCCCC1CC1)NCC(C)(C)c1cccs1. The van der Waals surface area contributed by atoms with Gasteiger partial charge in [-0.1, -0.05) is 32.8 Å². The molecule has 2 N–H and O–H groups in total. The smallest absolute Gasteiger partial charge is 0.191 e. The lowest BCUT2D eigenvalue weighted by Gasteiger charge is -2.25. The molecule has 4 heteroatoms. The highest BCUT2D eigenvalue weighted by atomic mass is 32.1. The molecule has 0 aromatic carbocycles. The van der Waals surface area contributed by atoms with Crippen LogP contribution < -0.4 is 10.6 Å². The van der Waals surface area contributed by atoms with E-state index in [1.54, 1.807) is 0 Å². The summed E-state index contributed by atoms with van der Waals surface area (Å²) in [5.41, 5.74) is 0.139. The molecule has 1 aromatic heterocycles. The zero-order valence-electron chi connectivity index (χ0n) is 12.9. The van der Waals surface area contributed by atoms with Gasteiger partial charge in [0.1, 0.15) is 0 Å². The molecule has 0 aliphatic heterocycles. The molecular weight excluding hydrogens is 266 g/mol. The van der Waals surface area contributed by atoms with Crippen LogP contribution in [0.25, 0.3) is 0 Å². The molecule has 1 aliphatic carbocycles. The first-order valence-electron chi connectivity index (χ1n) is 7.60. The minimum Gasteiger partial charge on any atom is -0.356 e. The van der Waals surface area contributed by atoms with Crippen LogP contribution in [0.15, 0.2) is 22.5 Å². The first-order valence-corrected chi connectivity index (χ1v) is 8.48. The average Bonchev–Trinajstić information content (AvgIpc) is 3.07. The third kappa shape index (κ3) is 4.82. The van der Waals surface area contributed by atoms with Crippen molar-refractivity contribution in [3.05, 3.63) is 22.4 Å². The maximum Gasteiger partial charge on any atom is 0.191 e. The van der Waals surface area contributed by atoms with E-state index in [0.29, 0.717) is 0 Å². The number of hydrogen-bond acceptors (Lipinski definition) is 2. The Morgan fingerprint density at radius 2 is 2.20 bits per heavy atom. The highest BCUT2D eigenvalue weighted by Gasteiger charge is 2.22. The van der Waals surface area contributed by atoms with E-state index in [-0.39, 0.29) is 5.41 Å². The summed E-state index contributed by atoms with van der Waals surface area (Å²) >= 11 is 1.82. The summed E-state index contributed by atoms with van der Waals surface area (Å²) in [4.78, 5) is 5.71. The Labute approximate surface area is 126 Å². The van der Waals surface area contributed by atoms with Crippen LogP contribution in [0, 0.1) is 5.92 Å². The van der Waals surface area contributed by atoms with E-state index >= 15 is 0 Å². The van der Waals surface area contributed by atoms with Gasteiger partial charge in [0.25, 0.3) is 0 Å². The second-order valence-corrected chi connectivity index (χ2v) is 7.25. The van der Waals surface area contributed by atoms with Crippen molar-refractivity contribution in [3.8, 4) is 0 Å². The lowest BCUT2D eigenvalue weighted by atomic mass is 9.91. The topological polar surface area (TPSA) is 36.4 Å². The van der Waals surface area contributed by atoms with Crippen LogP contribution in [0.1, 0.15) is 44.4 Å². The number of guanidine groups is 1. The Morgan fingerprint density at radius 3 is 2.80 bits per heavy atom. The third-order valence-corrected chi connectivity index (χ3v) is 5.12. The lowest BCUT2D eigenvalue weighted by molar-refractivity contribution is 0.517. The van der Waals surface area contributed by atoms with Crippen molar-refractivity contribution in [1.82, 2.24) is 10.6 Å². The molecular formula is C16H27N3S. The zero-order chi connectivity index (χ0) is 14.4. The highest BCUT2D eigenvalue weighted by Crippen LogP contribution is 2.33. The van der Waals surface area contributed by atoms with Crippen LogP contribution in [0.2, 0.25) is 0 Å². The van der Waals surface area contributed by atoms with Crippen molar-refractivity contribution in [2.45, 2.75) is 44.9 Å². The predicted molar refractivity (Wildman–Crippen MR) is 88.7 cm³/mol. The second kappa shape index (κ2) is 7.11. The second-order valence-electron chi connectivity index (χ2n) is 6.30. The summed E-state index contributed by atoms with van der Waals surface area (Å²) in [6.07, 6.45) is 5.51. The van der Waals surface area contributed by atoms with Crippen LogP contribution in [0.5, 0.6) is 0 Å². The molecule has 1 fully saturated rings. The van der Waals surface area contributed by atoms with Gasteiger partial charge in [0.2, 0.25) is 0 Å². The fraction of sp³-hybridized carbons (Fsp3) is 0.688. The van der Waals surface area contributed by atoms with E-state index in [1.165, 1.54) is 30.6 Å². The van der Waals surface area contributed by atoms with E-state index in [9.17, 15) is 0 Å². The number of nitrogens with one attached hydrogen (secondary N) is 2. The van der Waals surface area contributed by atoms with Crippen LogP contribution >= 0.6 is 11.3 Å². The molecule has 0 unspecified atom stereocenters. The predicted octanol–water partition coefficient (Wildman–Crippen LogP) is 3.38. The van der Waals surface area contributed by atoms with E-state index in [4.69, 9.17) is 0 Å². The molecule has 0 amide bonds. The van der Waals surface area contributed by atoms with E-state index < -0.39 is 0 Å². The first kappa shape index (κ1) is 15.4. The Bertz CT molecular complexity index is 419. The van der Waals surface area contributed by atoms with Crippen molar-refractivity contribution in [2.24, 2.45) is 10.9 Å². The maximum atomic E-state index is 4.30. The molecule has 3 nitrogen and oxygen atoms in total. The van der Waals surface area contributed by atoms with Crippen molar-refractivity contribution in [2.75, 3.05) is 20.1 Å². The number of rotatable bonds is 7. The average molecular weight is 293 g/mol. The van der Waals surface area contributed by atoms with Crippen molar-refractivity contribution in [3.63, 3.8) is 0 Å². The summed E-state index contributed by atoms with van der Waals surface area (Å²) < 4.78 is 0. The standard InChI is InChI=1S/C16H27N3S/c1-16(2,14-7-5-11-20-14)12-19-15(17-3)18-10-4-6-13-8-9-13/h5,7,11,13H,4,6,8-10,12H2,1-3H3,(H2,17,18,19). The molecule has 0 saturated heterocycles. The van der Waals surface area contributed by atoms with Crippen molar-refractivity contribution >= 4 is 17.3 Å². The molecule has 20 heavy (non-hydrogen) atoms. The highest BCUT2D eigenvalue weighted by molar-refractivity contribution is 7.10. The molecule has 1 saturated carbocycles. The van der Waals surface area contributed by atoms with Gasteiger partial charge in [-0.2, -0.15) is 0 Å². The van der Waals surface area contributed by atoms with Gasteiger partial charge in [-0.3, -0.25) is 4.99 Å². The quantitative estimate of drug-likeness (QED) is 0.459. The van der Waals surface area contributed by atoms with Crippen molar-refractivity contribution in [1.29, 1.82) is 0 Å². The van der Waals surface area contributed by atoms with Crippen LogP contribution in [0.4, 0.5) is 0 Å². The Morgan fingerprint density at radius 1 is 1.40 bits per heavy atom. The summed E-state index contributed by atoms with van der Waals surface area (Å²) in [5, 5.41) is 9.00. The summed E-state index contributed by atoms with van der Waals surface area (Å²) in [7, 11) is 1.84. The van der Waals surface area contributed by atoms with Gasteiger partial charge in [-0.15, -0.1) is 11.3 Å². The van der Waals surface area contributed by atoms with Gasteiger partial charge in [0, 0.05) is 30.4 Å². The molecule has 1 aliphatic rings. The fourth-order valence-electron chi connectivity index (χ4n) is 2.28. The molecule has 112 valence electrons. The minimum absolute atomic E-state index is 0.139. The first-order chi connectivity index (χ1) is 9.62. The van der Waals surface area contributed by atoms with Crippen LogP contribution in [0.3, 0.4) is 0 Å². The molecule has 0 bridgehead atoms. The molecule has 2 rings (SSSR count). The maximum absolute atomic E-state index is 4.30. The molecule has 0 atom stereocenters. The van der Waals surface area contributed by atoms with Gasteiger partial charge >= 0.3 is 0 Å². The third-order valence-electron chi connectivity index (χ3n) is 3.89. The van der Waals surface area contributed by atoms with E-state index in [1.807, 2.05) is 18.4 Å². The van der Waals surface area contributed by atoms with E-state index in [0.717, 1.165) is 25.0 Å². The van der Waals surface area contributed by atoms with Crippen molar-refractivity contribution < 1.29 is 0 Å². The normalized spacial score (nSPS) is 16.2. The van der Waals surface area contributed by atoms with Gasteiger partial charge in [-0.05, 0) is 30.2 Å². The monoisotopic (exact) mass is 293 g/mol. The van der Waals surface area contributed by atoms with Gasteiger partial charge in [0.05, 0.1) is 0 Å². The Hall–Kier alpha value is -1.03. The molecule has 0 spiro atoms. The van der Waals surface area contributed by atoms with Gasteiger partial charge < -0.3 is 10.6 Å². The zero-order valence-corrected chi connectivity index (χ0v) is 13.7. The summed E-state index contributed by atoms with van der Waals surface area (Å²) in [6, 6.07) is 4.32. The molecule has 0 radical (unpaired) electrons. The number of hydrogen-bond donors (Lipinski definition) is 2.